The Kier molecular flexibility index (Phi) is 6.36. The maximum Gasteiger partial charge on any atom is 0.269 e. The van der Waals surface area contributed by atoms with Crippen molar-refractivity contribution in [1.29, 1.82) is 0 Å². The van der Waals surface area contributed by atoms with Crippen LogP contribution < -0.4 is 4.90 Å². The fourth-order valence-electron chi connectivity index (χ4n) is 3.92. The fraction of sp³-hybridized carbons (Fsp3) is 0.261. The van der Waals surface area contributed by atoms with E-state index in [1.807, 2.05) is 24.3 Å². The number of carbonyl (C=O) groups is 1. The number of anilines is 1. The largest absolute Gasteiger partial charge is 0.396 e. The molecule has 1 aliphatic rings. The van der Waals surface area contributed by atoms with Crippen LogP contribution in [0.5, 0.6) is 0 Å². The third kappa shape index (κ3) is 4.55. The molecule has 0 bridgehead atoms. The second kappa shape index (κ2) is 9.53. The van der Waals surface area contributed by atoms with E-state index in [-0.39, 0.29) is 18.0 Å². The van der Waals surface area contributed by atoms with Gasteiger partial charge in [0.05, 0.1) is 18.0 Å². The van der Waals surface area contributed by atoms with Gasteiger partial charge in [-0.2, -0.15) is 5.10 Å². The van der Waals surface area contributed by atoms with Gasteiger partial charge in [0.15, 0.2) is 0 Å². The van der Waals surface area contributed by atoms with Gasteiger partial charge in [-0.05, 0) is 65.8 Å². The number of hydrogen-bond donors (Lipinski definition) is 1. The molecule has 1 amide bonds. The average Bonchev–Trinajstić information content (AvgIpc) is 3.30. The van der Waals surface area contributed by atoms with Gasteiger partial charge in [0.2, 0.25) is 5.69 Å². The highest BCUT2D eigenvalue weighted by Crippen LogP contribution is 2.30. The number of rotatable bonds is 5. The van der Waals surface area contributed by atoms with Crippen molar-refractivity contribution < 1.29 is 14.3 Å². The summed E-state index contributed by atoms with van der Waals surface area (Å²) in [6.45, 7) is 8.95. The second-order valence-electron chi connectivity index (χ2n) is 7.73. The number of carbonyl (C=O) groups excluding carboxylic acids is 1. The predicted octanol–water partition coefficient (Wildman–Crippen LogP) is 4.89. The molecule has 1 aliphatic heterocycles. The van der Waals surface area contributed by atoms with Crippen LogP contribution in [0.4, 0.5) is 15.8 Å². The van der Waals surface area contributed by atoms with E-state index in [2.05, 4.69) is 24.9 Å². The van der Waals surface area contributed by atoms with Gasteiger partial charge in [-0.15, -0.1) is 0 Å². The summed E-state index contributed by atoms with van der Waals surface area (Å²) in [6.07, 6.45) is 1.86. The van der Waals surface area contributed by atoms with Crippen LogP contribution in [0.1, 0.15) is 23.3 Å². The summed E-state index contributed by atoms with van der Waals surface area (Å²) in [5.74, 6) is -1.19. The Hall–Kier alpha value is -4.19. The minimum absolute atomic E-state index is 0.0763. The van der Waals surface area contributed by atoms with Gasteiger partial charge in [-0.3, -0.25) is 4.79 Å². The van der Waals surface area contributed by atoms with E-state index < -0.39 is 11.7 Å². The van der Waals surface area contributed by atoms with Crippen molar-refractivity contribution in [2.45, 2.75) is 12.8 Å². The smallest absolute Gasteiger partial charge is 0.269 e. The lowest BCUT2D eigenvalue weighted by Gasteiger charge is -2.33. The van der Waals surface area contributed by atoms with Crippen molar-refractivity contribution in [2.24, 2.45) is 11.0 Å². The number of hydrogen-bond acceptors (Lipinski definition) is 4. The maximum atomic E-state index is 14.3. The van der Waals surface area contributed by atoms with E-state index in [1.54, 1.807) is 6.07 Å². The van der Waals surface area contributed by atoms with Crippen molar-refractivity contribution in [1.82, 2.24) is 9.78 Å². The van der Waals surface area contributed by atoms with Crippen LogP contribution in [0.25, 0.3) is 32.2 Å². The third-order valence-electron chi connectivity index (χ3n) is 5.76. The summed E-state index contributed by atoms with van der Waals surface area (Å²) in [6, 6.07) is 13.1. The minimum atomic E-state index is -0.848. The van der Waals surface area contributed by atoms with E-state index in [0.29, 0.717) is 22.9 Å². The molecule has 1 saturated heterocycles. The molecule has 0 radical (unpaired) electrons. The van der Waals surface area contributed by atoms with Crippen LogP contribution in [0, 0.1) is 18.3 Å². The maximum absolute atomic E-state index is 14.3. The molecular weight excluding hydrogens is 425 g/mol. The van der Waals surface area contributed by atoms with Gasteiger partial charge in [-0.25, -0.2) is 13.9 Å². The molecule has 0 atom stereocenters. The predicted molar refractivity (Wildman–Crippen MR) is 121 cm³/mol. The lowest BCUT2D eigenvalue weighted by molar-refractivity contribution is 0.0995. The molecule has 1 fully saturated rings. The molecule has 10 heteroatoms. The number of azide groups is 1. The van der Waals surface area contributed by atoms with E-state index in [0.717, 1.165) is 31.6 Å². The standard InChI is InChI=1S/C23H20FN7O2/c1-26-20-7-2-16(12-19(20)24)22-13-21(23(33)27-29-25)28-31(22)18-5-3-17(4-6-18)30-10-8-15(14-32)9-11-30/h2-7,12-13,15,32H,8-11,14H2. The number of benzene rings is 2. The Labute approximate surface area is 189 Å². The Bertz CT molecular complexity index is 1260. The molecule has 2 heterocycles. The molecule has 4 rings (SSSR count). The van der Waals surface area contributed by atoms with E-state index in [9.17, 15) is 14.3 Å². The fourth-order valence-corrected chi connectivity index (χ4v) is 3.92. The topological polar surface area (TPSA) is 111 Å². The monoisotopic (exact) mass is 445 g/mol. The Morgan fingerprint density at radius 3 is 2.48 bits per heavy atom. The molecule has 3 aromatic rings. The molecule has 1 N–H and O–H groups in total. The average molecular weight is 445 g/mol. The molecule has 0 saturated carbocycles. The zero-order chi connectivity index (χ0) is 23.4. The molecule has 0 aliphatic carbocycles. The normalized spacial score (nSPS) is 13.9. The number of nitrogens with zero attached hydrogens (tertiary/aromatic N) is 7. The highest BCUT2D eigenvalue weighted by Gasteiger charge is 2.20. The van der Waals surface area contributed by atoms with Crippen LogP contribution in [-0.2, 0) is 0 Å². The van der Waals surface area contributed by atoms with E-state index in [4.69, 9.17) is 12.1 Å². The summed E-state index contributed by atoms with van der Waals surface area (Å²) < 4.78 is 15.8. The Morgan fingerprint density at radius 2 is 1.88 bits per heavy atom. The lowest BCUT2D eigenvalue weighted by atomic mass is 9.97. The van der Waals surface area contributed by atoms with E-state index >= 15 is 0 Å². The van der Waals surface area contributed by atoms with Crippen LogP contribution in [-0.4, -0.2) is 40.5 Å². The Balaban J connectivity index is 1.70. The lowest BCUT2D eigenvalue weighted by Crippen LogP contribution is -2.34. The SMILES string of the molecule is [C-]#[N+]c1ccc(-c2cc(C(=O)N=[N+]=[N-])nn2-c2ccc(N3CCC(CO)CC3)cc2)cc1F. The molecular formula is C23H20FN7O2. The molecule has 0 unspecified atom stereocenters. The molecule has 1 aromatic heterocycles. The van der Waals surface area contributed by atoms with Crippen molar-refractivity contribution in [2.75, 3.05) is 24.6 Å². The van der Waals surface area contributed by atoms with Crippen molar-refractivity contribution in [3.05, 3.63) is 81.9 Å². The van der Waals surface area contributed by atoms with Crippen LogP contribution in [0.15, 0.2) is 53.6 Å². The summed E-state index contributed by atoms with van der Waals surface area (Å²) in [5.41, 5.74) is 10.9. The summed E-state index contributed by atoms with van der Waals surface area (Å²) >= 11 is 0. The van der Waals surface area contributed by atoms with Crippen LogP contribution in [0.3, 0.4) is 0 Å². The van der Waals surface area contributed by atoms with Crippen LogP contribution in [0.2, 0.25) is 0 Å². The zero-order valence-corrected chi connectivity index (χ0v) is 17.6. The quantitative estimate of drug-likeness (QED) is 0.261. The number of aliphatic hydroxyl groups is 1. The highest BCUT2D eigenvalue weighted by atomic mass is 19.1. The molecule has 0 spiro atoms. The number of aromatic nitrogens is 2. The second-order valence-corrected chi connectivity index (χ2v) is 7.73. The number of amides is 1. The Morgan fingerprint density at radius 1 is 1.18 bits per heavy atom. The number of halogens is 1. The van der Waals surface area contributed by atoms with Gasteiger partial charge < -0.3 is 10.0 Å². The summed E-state index contributed by atoms with van der Waals surface area (Å²) in [5, 5.41) is 16.7. The minimum Gasteiger partial charge on any atom is -0.396 e. The van der Waals surface area contributed by atoms with Gasteiger partial charge in [0.1, 0.15) is 11.5 Å². The molecule has 9 nitrogen and oxygen atoms in total. The van der Waals surface area contributed by atoms with Gasteiger partial charge in [-0.1, -0.05) is 12.1 Å². The number of piperidine rings is 1. The molecule has 2 aromatic carbocycles. The van der Waals surface area contributed by atoms with E-state index in [1.165, 1.54) is 22.9 Å². The number of aliphatic hydroxyl groups excluding tert-OH is 1. The van der Waals surface area contributed by atoms with Gasteiger partial charge in [0, 0.05) is 35.9 Å². The summed E-state index contributed by atoms with van der Waals surface area (Å²) in [4.78, 5) is 20.0. The van der Waals surface area contributed by atoms with Crippen molar-refractivity contribution in [3.63, 3.8) is 0 Å². The van der Waals surface area contributed by atoms with Crippen LogP contribution >= 0.6 is 0 Å². The molecule has 33 heavy (non-hydrogen) atoms. The first-order chi connectivity index (χ1) is 16.0. The van der Waals surface area contributed by atoms with Gasteiger partial charge in [0.25, 0.3) is 5.91 Å². The first-order valence-corrected chi connectivity index (χ1v) is 10.4. The van der Waals surface area contributed by atoms with Gasteiger partial charge >= 0.3 is 0 Å². The zero-order valence-electron chi connectivity index (χ0n) is 17.6. The summed E-state index contributed by atoms with van der Waals surface area (Å²) in [7, 11) is 0. The first kappa shape index (κ1) is 22.0. The first-order valence-electron chi connectivity index (χ1n) is 10.4. The molecule has 166 valence electrons. The third-order valence-corrected chi connectivity index (χ3v) is 5.76. The van der Waals surface area contributed by atoms with Crippen molar-refractivity contribution >= 4 is 17.3 Å². The van der Waals surface area contributed by atoms with Crippen molar-refractivity contribution in [3.8, 4) is 16.9 Å². The highest BCUT2D eigenvalue weighted by molar-refractivity contribution is 5.94.